The molecule has 0 aromatic heterocycles. The summed E-state index contributed by atoms with van der Waals surface area (Å²) >= 11 is 0. The monoisotopic (exact) mass is 307 g/mol. The molecule has 22 heavy (non-hydrogen) atoms. The first-order valence-electron chi connectivity index (χ1n) is 7.22. The minimum absolute atomic E-state index is 0.132. The highest BCUT2D eigenvalue weighted by Gasteiger charge is 2.55. The first-order valence-corrected chi connectivity index (χ1v) is 7.22. The highest BCUT2D eigenvalue weighted by Crippen LogP contribution is 2.40. The van der Waals surface area contributed by atoms with Crippen molar-refractivity contribution in [1.82, 2.24) is 5.32 Å². The minimum Gasteiger partial charge on any atom is -0.493 e. The van der Waals surface area contributed by atoms with Crippen molar-refractivity contribution < 1.29 is 24.2 Å². The average molecular weight is 307 g/mol. The fourth-order valence-corrected chi connectivity index (χ4v) is 3.11. The van der Waals surface area contributed by atoms with Crippen LogP contribution in [0.3, 0.4) is 0 Å². The maximum absolute atomic E-state index is 12.2. The van der Waals surface area contributed by atoms with Gasteiger partial charge in [-0.15, -0.1) is 0 Å². The number of hydrogen-bond acceptors (Lipinski definition) is 4. The molecule has 2 atom stereocenters. The lowest BCUT2D eigenvalue weighted by molar-refractivity contribution is -0.156. The van der Waals surface area contributed by atoms with Gasteiger partial charge in [0.15, 0.2) is 16.9 Å². The molecule has 1 heterocycles. The van der Waals surface area contributed by atoms with Gasteiger partial charge in [0, 0.05) is 12.5 Å². The molecule has 1 amide bonds. The lowest BCUT2D eigenvalue weighted by atomic mass is 9.72. The highest BCUT2D eigenvalue weighted by molar-refractivity contribution is 6.04. The van der Waals surface area contributed by atoms with Crippen molar-refractivity contribution in [2.75, 3.05) is 20.8 Å². The number of methoxy groups -OCH3 is 2. The highest BCUT2D eigenvalue weighted by atomic mass is 16.5. The zero-order valence-corrected chi connectivity index (χ0v) is 13.0. The quantitative estimate of drug-likeness (QED) is 0.778. The molecule has 1 aliphatic rings. The third-order valence-corrected chi connectivity index (χ3v) is 4.42. The smallest absolute Gasteiger partial charge is 0.319 e. The molecule has 1 aliphatic heterocycles. The molecular weight excluding hydrogens is 286 g/mol. The third kappa shape index (κ3) is 2.49. The van der Waals surface area contributed by atoms with Crippen molar-refractivity contribution in [3.8, 4) is 11.5 Å². The van der Waals surface area contributed by atoms with Crippen molar-refractivity contribution in [3.05, 3.63) is 23.8 Å². The second kappa shape index (κ2) is 6.25. The Morgan fingerprint density at radius 1 is 1.36 bits per heavy atom. The Morgan fingerprint density at radius 2 is 2.05 bits per heavy atom. The van der Waals surface area contributed by atoms with Gasteiger partial charge in [-0.1, -0.05) is 13.0 Å². The summed E-state index contributed by atoms with van der Waals surface area (Å²) in [4.78, 5) is 24.1. The lowest BCUT2D eigenvalue weighted by Crippen LogP contribution is -2.44. The van der Waals surface area contributed by atoms with Gasteiger partial charge in [-0.3, -0.25) is 9.59 Å². The van der Waals surface area contributed by atoms with Crippen LogP contribution < -0.4 is 14.8 Å². The van der Waals surface area contributed by atoms with E-state index in [1.54, 1.807) is 18.2 Å². The van der Waals surface area contributed by atoms with Gasteiger partial charge in [0.05, 0.1) is 14.2 Å². The number of benzene rings is 1. The number of amides is 1. The molecule has 0 bridgehead atoms. The summed E-state index contributed by atoms with van der Waals surface area (Å²) in [7, 11) is 3.06. The van der Waals surface area contributed by atoms with E-state index < -0.39 is 17.3 Å². The van der Waals surface area contributed by atoms with Crippen LogP contribution in [0.4, 0.5) is 0 Å². The van der Waals surface area contributed by atoms with Crippen molar-refractivity contribution in [2.24, 2.45) is 11.3 Å². The van der Waals surface area contributed by atoms with Crippen molar-refractivity contribution in [2.45, 2.75) is 19.8 Å². The summed E-state index contributed by atoms with van der Waals surface area (Å²) in [5, 5.41) is 12.4. The molecule has 0 aliphatic carbocycles. The fraction of sp³-hybridized carbons (Fsp3) is 0.500. The van der Waals surface area contributed by atoms with E-state index in [9.17, 15) is 14.7 Å². The van der Waals surface area contributed by atoms with Crippen molar-refractivity contribution in [3.63, 3.8) is 0 Å². The second-order valence-corrected chi connectivity index (χ2v) is 5.46. The van der Waals surface area contributed by atoms with Gasteiger partial charge in [-0.05, 0) is 30.5 Å². The van der Waals surface area contributed by atoms with Crippen LogP contribution >= 0.6 is 0 Å². The van der Waals surface area contributed by atoms with Crippen LogP contribution in [0.2, 0.25) is 0 Å². The van der Waals surface area contributed by atoms with E-state index in [-0.39, 0.29) is 12.3 Å². The van der Waals surface area contributed by atoms with Gasteiger partial charge in [-0.2, -0.15) is 0 Å². The van der Waals surface area contributed by atoms with Crippen LogP contribution in [-0.4, -0.2) is 37.7 Å². The van der Waals surface area contributed by atoms with E-state index in [1.807, 2.05) is 6.92 Å². The molecule has 1 aromatic carbocycles. The lowest BCUT2D eigenvalue weighted by Gasteiger charge is -2.27. The zero-order valence-electron chi connectivity index (χ0n) is 13.0. The number of rotatable bonds is 6. The Morgan fingerprint density at radius 3 is 2.59 bits per heavy atom. The van der Waals surface area contributed by atoms with Crippen LogP contribution in [0.15, 0.2) is 18.2 Å². The summed E-state index contributed by atoms with van der Waals surface area (Å²) in [6, 6.07) is 5.21. The maximum Gasteiger partial charge on any atom is 0.319 e. The Labute approximate surface area is 129 Å². The van der Waals surface area contributed by atoms with Crippen LogP contribution in [0.25, 0.3) is 0 Å². The predicted octanol–water partition coefficient (Wildman–Crippen LogP) is 1.47. The summed E-state index contributed by atoms with van der Waals surface area (Å²) < 4.78 is 10.4. The Kier molecular flexibility index (Phi) is 4.59. The number of carbonyl (C=O) groups is 2. The summed E-state index contributed by atoms with van der Waals surface area (Å²) in [5.74, 6) is -0.637. The number of hydrogen-bond donors (Lipinski definition) is 2. The third-order valence-electron chi connectivity index (χ3n) is 4.42. The molecule has 2 unspecified atom stereocenters. The number of carboxylic acid groups (broad SMARTS) is 1. The number of carboxylic acids is 1. The standard InChI is InChI=1S/C16H21NO5/c1-4-11-9-17-14(18)16(11,15(19)20)8-10-5-6-12(21-2)13(7-10)22-3/h5-7,11H,4,8-9H2,1-3H3,(H,17,18)(H,19,20). The molecule has 0 radical (unpaired) electrons. The first-order chi connectivity index (χ1) is 10.5. The molecule has 2 rings (SSSR count). The van der Waals surface area contributed by atoms with Crippen LogP contribution in [0, 0.1) is 11.3 Å². The fourth-order valence-electron chi connectivity index (χ4n) is 3.11. The molecule has 6 heteroatoms. The SMILES string of the molecule is CCC1CNC(=O)C1(Cc1ccc(OC)c(OC)c1)C(=O)O. The van der Waals surface area contributed by atoms with E-state index in [0.717, 1.165) is 5.56 Å². The van der Waals surface area contributed by atoms with Crippen LogP contribution in [0.5, 0.6) is 11.5 Å². The van der Waals surface area contributed by atoms with E-state index in [4.69, 9.17) is 9.47 Å². The van der Waals surface area contributed by atoms with Gasteiger partial charge in [0.1, 0.15) is 0 Å². The number of ether oxygens (including phenoxy) is 2. The summed E-state index contributed by atoms with van der Waals surface area (Å²) in [5.41, 5.74) is -0.690. The topological polar surface area (TPSA) is 84.9 Å². The number of aliphatic carboxylic acids is 1. The summed E-state index contributed by atoms with van der Waals surface area (Å²) in [6.07, 6.45) is 0.755. The molecule has 6 nitrogen and oxygen atoms in total. The molecule has 120 valence electrons. The molecule has 1 fully saturated rings. The van der Waals surface area contributed by atoms with Gasteiger partial charge in [0.2, 0.25) is 5.91 Å². The molecule has 0 saturated carbocycles. The van der Waals surface area contributed by atoms with Gasteiger partial charge < -0.3 is 19.9 Å². The molecule has 1 aromatic rings. The van der Waals surface area contributed by atoms with E-state index in [2.05, 4.69) is 5.32 Å². The Bertz CT molecular complexity index is 586. The minimum atomic E-state index is -1.42. The van der Waals surface area contributed by atoms with E-state index >= 15 is 0 Å². The Balaban J connectivity index is 2.41. The van der Waals surface area contributed by atoms with Gasteiger partial charge in [0.25, 0.3) is 0 Å². The van der Waals surface area contributed by atoms with Crippen LogP contribution in [-0.2, 0) is 16.0 Å². The van der Waals surface area contributed by atoms with Gasteiger partial charge in [-0.25, -0.2) is 0 Å². The normalized spacial score (nSPS) is 24.0. The van der Waals surface area contributed by atoms with Crippen molar-refractivity contribution >= 4 is 11.9 Å². The largest absolute Gasteiger partial charge is 0.493 e. The molecule has 0 spiro atoms. The molecule has 2 N–H and O–H groups in total. The Hall–Kier alpha value is -2.24. The zero-order chi connectivity index (χ0) is 16.3. The molecular formula is C16H21NO5. The van der Waals surface area contributed by atoms with E-state index in [1.165, 1.54) is 14.2 Å². The summed E-state index contributed by atoms with van der Waals surface area (Å²) in [6.45, 7) is 2.30. The van der Waals surface area contributed by atoms with Gasteiger partial charge >= 0.3 is 5.97 Å². The number of nitrogens with one attached hydrogen (secondary N) is 1. The molecule has 1 saturated heterocycles. The van der Waals surface area contributed by atoms with E-state index in [0.29, 0.717) is 24.5 Å². The first kappa shape index (κ1) is 16.1. The second-order valence-electron chi connectivity index (χ2n) is 5.46. The maximum atomic E-state index is 12.2. The average Bonchev–Trinajstić information content (AvgIpc) is 2.84. The number of carbonyl (C=O) groups excluding carboxylic acids is 1. The van der Waals surface area contributed by atoms with Crippen molar-refractivity contribution in [1.29, 1.82) is 0 Å². The predicted molar refractivity (Wildman–Crippen MR) is 80.1 cm³/mol. The van der Waals surface area contributed by atoms with Crippen LogP contribution in [0.1, 0.15) is 18.9 Å².